The summed E-state index contributed by atoms with van der Waals surface area (Å²) in [5.74, 6) is -0.514. The van der Waals surface area contributed by atoms with E-state index < -0.39 is 22.2 Å². The van der Waals surface area contributed by atoms with E-state index in [1.54, 1.807) is 6.92 Å². The second kappa shape index (κ2) is 5.57. The van der Waals surface area contributed by atoms with Gasteiger partial charge in [-0.15, -0.1) is 0 Å². The molecule has 2 aromatic rings. The second-order valence-electron chi connectivity index (χ2n) is 4.29. The van der Waals surface area contributed by atoms with Crippen molar-refractivity contribution in [1.82, 2.24) is 14.3 Å². The molecule has 0 saturated carbocycles. The summed E-state index contributed by atoms with van der Waals surface area (Å²) in [4.78, 5) is 45.5. The van der Waals surface area contributed by atoms with Crippen LogP contribution in [-0.2, 0) is 0 Å². The highest BCUT2D eigenvalue weighted by atomic mass is 16.6. The molecule has 1 aromatic carbocycles. The molecule has 0 spiro atoms. The summed E-state index contributed by atoms with van der Waals surface area (Å²) < 4.78 is 1.39. The first-order valence-electron chi connectivity index (χ1n) is 6.17. The summed E-state index contributed by atoms with van der Waals surface area (Å²) >= 11 is 0. The molecule has 0 saturated heterocycles. The van der Waals surface area contributed by atoms with E-state index in [2.05, 4.69) is 5.10 Å². The monoisotopic (exact) mass is 292 g/mol. The van der Waals surface area contributed by atoms with Gasteiger partial charge in [0.2, 0.25) is 5.91 Å². The lowest BCUT2D eigenvalue weighted by molar-refractivity contribution is -0.384. The Morgan fingerprint density at radius 2 is 1.90 bits per heavy atom. The predicted octanol–water partition coefficient (Wildman–Crippen LogP) is 0.676. The van der Waals surface area contributed by atoms with Crippen molar-refractivity contribution in [3.63, 3.8) is 0 Å². The van der Waals surface area contributed by atoms with Gasteiger partial charge in [0.15, 0.2) is 0 Å². The summed E-state index contributed by atoms with van der Waals surface area (Å²) in [6.07, 6.45) is 0.663. The number of H-pyrrole nitrogens is 1. The number of nitro benzene ring substituents is 1. The molecule has 9 nitrogen and oxygen atoms in total. The number of aromatic nitrogens is 3. The molecular weight excluding hydrogens is 280 g/mol. The Kier molecular flexibility index (Phi) is 3.83. The third-order valence-corrected chi connectivity index (χ3v) is 2.83. The van der Waals surface area contributed by atoms with Crippen LogP contribution >= 0.6 is 0 Å². The first kappa shape index (κ1) is 14.4. The summed E-state index contributed by atoms with van der Waals surface area (Å²) in [6, 6.07) is 4.88. The molecule has 0 unspecified atom stereocenters. The minimum atomic E-state index is -0.827. The summed E-state index contributed by atoms with van der Waals surface area (Å²) in [6.45, 7) is 1.77. The van der Waals surface area contributed by atoms with Crippen LogP contribution in [0.25, 0.3) is 5.69 Å². The molecule has 2 rings (SSSR count). The fourth-order valence-electron chi connectivity index (χ4n) is 1.83. The molecule has 1 aromatic heterocycles. The van der Waals surface area contributed by atoms with Crippen molar-refractivity contribution in [3.05, 3.63) is 55.3 Å². The fourth-order valence-corrected chi connectivity index (χ4v) is 1.83. The van der Waals surface area contributed by atoms with Crippen LogP contribution in [0.15, 0.2) is 33.9 Å². The van der Waals surface area contributed by atoms with Gasteiger partial charge in [0.25, 0.3) is 5.69 Å². The number of aromatic amines is 1. The van der Waals surface area contributed by atoms with E-state index in [1.807, 2.05) is 0 Å². The van der Waals surface area contributed by atoms with Gasteiger partial charge in [0, 0.05) is 18.6 Å². The molecule has 0 aliphatic carbocycles. The molecule has 0 atom stereocenters. The van der Waals surface area contributed by atoms with E-state index in [0.29, 0.717) is 11.1 Å². The molecule has 1 N–H and O–H groups in total. The van der Waals surface area contributed by atoms with E-state index in [9.17, 15) is 24.5 Å². The van der Waals surface area contributed by atoms with Gasteiger partial charge in [-0.05, 0) is 18.6 Å². The third kappa shape index (κ3) is 2.66. The van der Waals surface area contributed by atoms with E-state index in [0.717, 1.165) is 4.57 Å². The first-order valence-corrected chi connectivity index (χ1v) is 6.17. The number of carbonyl (C=O) groups excluding carboxylic acids is 1. The number of hydrogen-bond acceptors (Lipinski definition) is 5. The van der Waals surface area contributed by atoms with Gasteiger partial charge in [-0.2, -0.15) is 4.68 Å². The van der Waals surface area contributed by atoms with Crippen LogP contribution < -0.4 is 11.4 Å². The molecule has 0 amide bonds. The smallest absolute Gasteiger partial charge is 0.272 e. The van der Waals surface area contributed by atoms with Crippen LogP contribution in [0.1, 0.15) is 24.6 Å². The maximum atomic E-state index is 12.1. The number of hydrogen-bond donors (Lipinski definition) is 1. The quantitative estimate of drug-likeness (QED) is 0.656. The highest BCUT2D eigenvalue weighted by Crippen LogP contribution is 2.12. The molecule has 0 radical (unpaired) electrons. The highest BCUT2D eigenvalue weighted by Gasteiger charge is 2.16. The Balaban J connectivity index is 2.50. The number of non-ortho nitro benzene ring substituents is 1. The minimum absolute atomic E-state index is 0.125. The van der Waals surface area contributed by atoms with Crippen molar-refractivity contribution in [2.45, 2.75) is 19.8 Å². The molecule has 9 heteroatoms. The van der Waals surface area contributed by atoms with Gasteiger partial charge in [0.05, 0.1) is 10.6 Å². The van der Waals surface area contributed by atoms with Gasteiger partial charge >= 0.3 is 11.4 Å². The Morgan fingerprint density at radius 1 is 1.29 bits per heavy atom. The number of nitrogens with zero attached hydrogens (tertiary/aromatic N) is 3. The average Bonchev–Trinajstić information content (AvgIpc) is 2.74. The summed E-state index contributed by atoms with van der Waals surface area (Å²) in [7, 11) is 0. The van der Waals surface area contributed by atoms with Gasteiger partial charge in [-0.3, -0.25) is 14.9 Å². The van der Waals surface area contributed by atoms with Crippen LogP contribution in [-0.4, -0.2) is 25.2 Å². The van der Waals surface area contributed by atoms with Crippen LogP contribution in [0.2, 0.25) is 0 Å². The predicted molar refractivity (Wildman–Crippen MR) is 72.8 cm³/mol. The SMILES string of the molecule is CCCC(=O)n1[nH]c(=O)n(-c2ccc([N+](=O)[O-])cc2)c1=O. The van der Waals surface area contributed by atoms with E-state index in [-0.39, 0.29) is 17.8 Å². The lowest BCUT2D eigenvalue weighted by atomic mass is 10.3. The highest BCUT2D eigenvalue weighted by molar-refractivity contribution is 5.77. The number of rotatable bonds is 4. The molecule has 0 bridgehead atoms. The fraction of sp³-hybridized carbons (Fsp3) is 0.250. The van der Waals surface area contributed by atoms with Crippen molar-refractivity contribution in [2.75, 3.05) is 0 Å². The Bertz CT molecular complexity index is 796. The lowest BCUT2D eigenvalue weighted by Crippen LogP contribution is -2.30. The lowest BCUT2D eigenvalue weighted by Gasteiger charge is -1.99. The molecule has 110 valence electrons. The Labute approximate surface area is 117 Å². The zero-order valence-electron chi connectivity index (χ0n) is 11.1. The normalized spacial score (nSPS) is 10.5. The standard InChI is InChI=1S/C12H12N4O5/c1-2-3-10(17)15-12(19)14(11(18)13-15)8-4-6-9(7-5-8)16(20)21/h4-7H,2-3H2,1H3,(H,13,18). The zero-order valence-corrected chi connectivity index (χ0v) is 11.1. The Morgan fingerprint density at radius 3 is 2.43 bits per heavy atom. The average molecular weight is 292 g/mol. The molecule has 0 aliphatic heterocycles. The van der Waals surface area contributed by atoms with Crippen LogP contribution in [0.3, 0.4) is 0 Å². The maximum absolute atomic E-state index is 12.1. The van der Waals surface area contributed by atoms with Crippen molar-refractivity contribution in [1.29, 1.82) is 0 Å². The largest absolute Gasteiger partial charge is 0.358 e. The molecule has 0 aliphatic rings. The van der Waals surface area contributed by atoms with Gasteiger partial charge in [0.1, 0.15) is 0 Å². The number of benzene rings is 1. The summed E-state index contributed by atoms with van der Waals surface area (Å²) in [5, 5.41) is 12.7. The van der Waals surface area contributed by atoms with Crippen molar-refractivity contribution in [2.24, 2.45) is 0 Å². The zero-order chi connectivity index (χ0) is 15.6. The molecule has 21 heavy (non-hydrogen) atoms. The number of carbonyl (C=O) groups is 1. The van der Waals surface area contributed by atoms with E-state index in [4.69, 9.17) is 0 Å². The number of nitro groups is 1. The van der Waals surface area contributed by atoms with E-state index in [1.165, 1.54) is 24.3 Å². The molecular formula is C12H12N4O5. The van der Waals surface area contributed by atoms with Gasteiger partial charge in [-0.1, -0.05) is 6.92 Å². The van der Waals surface area contributed by atoms with Crippen LogP contribution in [0, 0.1) is 10.1 Å². The maximum Gasteiger partial charge on any atom is 0.358 e. The van der Waals surface area contributed by atoms with Gasteiger partial charge in [-0.25, -0.2) is 19.3 Å². The first-order chi connectivity index (χ1) is 9.95. The minimum Gasteiger partial charge on any atom is -0.272 e. The second-order valence-corrected chi connectivity index (χ2v) is 4.29. The number of nitrogens with one attached hydrogen (secondary N) is 1. The Hall–Kier alpha value is -2.97. The molecule has 0 fully saturated rings. The van der Waals surface area contributed by atoms with Crippen molar-refractivity contribution in [3.8, 4) is 5.69 Å². The van der Waals surface area contributed by atoms with E-state index >= 15 is 0 Å². The summed E-state index contributed by atoms with van der Waals surface area (Å²) in [5.41, 5.74) is -1.62. The van der Waals surface area contributed by atoms with Crippen molar-refractivity contribution >= 4 is 11.6 Å². The third-order valence-electron chi connectivity index (χ3n) is 2.83. The topological polar surface area (TPSA) is 120 Å². The van der Waals surface area contributed by atoms with Gasteiger partial charge < -0.3 is 0 Å². The molecule has 1 heterocycles. The van der Waals surface area contributed by atoms with Crippen molar-refractivity contribution < 1.29 is 9.72 Å². The van der Waals surface area contributed by atoms with Crippen LogP contribution in [0.4, 0.5) is 5.69 Å². The van der Waals surface area contributed by atoms with Crippen LogP contribution in [0.5, 0.6) is 0 Å².